The standard InChI is InChI=1S/C19H19N7O2/c1-12(27)24-8-15(9-24)26-7-13(5-23-26)16-10-25(14-3-2-4-20-6-14)18-17(16)19(28)22-11-21-18/h2-7,10-12,15,27H,8-9H2,1H3,(H,21,22,28). The van der Waals surface area contributed by atoms with E-state index in [4.69, 9.17) is 0 Å². The number of nitrogens with zero attached hydrogens (tertiary/aromatic N) is 6. The van der Waals surface area contributed by atoms with Gasteiger partial charge in [0.15, 0.2) is 5.65 Å². The van der Waals surface area contributed by atoms with E-state index < -0.39 is 6.23 Å². The fourth-order valence-corrected chi connectivity index (χ4v) is 3.62. The van der Waals surface area contributed by atoms with Gasteiger partial charge in [0.05, 0.1) is 35.8 Å². The molecule has 1 fully saturated rings. The fourth-order valence-electron chi connectivity index (χ4n) is 3.62. The second-order valence-corrected chi connectivity index (χ2v) is 7.00. The third kappa shape index (κ3) is 2.63. The predicted molar refractivity (Wildman–Crippen MR) is 103 cm³/mol. The first-order valence-electron chi connectivity index (χ1n) is 9.07. The summed E-state index contributed by atoms with van der Waals surface area (Å²) in [5.74, 6) is 0. The van der Waals surface area contributed by atoms with Crippen LogP contribution in [0.4, 0.5) is 0 Å². The van der Waals surface area contributed by atoms with Crippen LogP contribution in [0, 0.1) is 0 Å². The Kier molecular flexibility index (Phi) is 3.85. The second-order valence-electron chi connectivity index (χ2n) is 7.00. The molecule has 5 rings (SSSR count). The number of rotatable bonds is 4. The highest BCUT2D eigenvalue weighted by Crippen LogP contribution is 2.30. The minimum Gasteiger partial charge on any atom is -0.379 e. The topological polar surface area (TPSA) is 105 Å². The Hall–Kier alpha value is -3.30. The molecule has 0 amide bonds. The number of aromatic amines is 1. The number of hydrogen-bond acceptors (Lipinski definition) is 6. The Bertz CT molecular complexity index is 1190. The summed E-state index contributed by atoms with van der Waals surface area (Å²) in [6, 6.07) is 3.98. The Labute approximate surface area is 159 Å². The van der Waals surface area contributed by atoms with Crippen molar-refractivity contribution in [2.45, 2.75) is 19.2 Å². The molecular formula is C19H19N7O2. The van der Waals surface area contributed by atoms with Crippen LogP contribution in [-0.4, -0.2) is 58.6 Å². The third-order valence-electron chi connectivity index (χ3n) is 5.22. The van der Waals surface area contributed by atoms with Gasteiger partial charge >= 0.3 is 0 Å². The predicted octanol–water partition coefficient (Wildman–Crippen LogP) is 1.17. The van der Waals surface area contributed by atoms with E-state index >= 15 is 0 Å². The number of hydrogen-bond donors (Lipinski definition) is 2. The van der Waals surface area contributed by atoms with Gasteiger partial charge < -0.3 is 10.1 Å². The van der Waals surface area contributed by atoms with Gasteiger partial charge in [-0.2, -0.15) is 5.10 Å². The summed E-state index contributed by atoms with van der Waals surface area (Å²) >= 11 is 0. The van der Waals surface area contributed by atoms with Gasteiger partial charge in [-0.25, -0.2) is 4.98 Å². The molecule has 0 radical (unpaired) electrons. The van der Waals surface area contributed by atoms with Crippen LogP contribution in [0.15, 0.2) is 54.2 Å². The number of aliphatic hydroxyl groups is 1. The molecule has 0 aromatic carbocycles. The average molecular weight is 377 g/mol. The van der Waals surface area contributed by atoms with Crippen LogP contribution in [0.5, 0.6) is 0 Å². The van der Waals surface area contributed by atoms with Crippen molar-refractivity contribution in [2.75, 3.05) is 13.1 Å². The average Bonchev–Trinajstić information content (AvgIpc) is 3.26. The second kappa shape index (κ2) is 6.39. The van der Waals surface area contributed by atoms with Gasteiger partial charge in [0, 0.05) is 42.8 Å². The van der Waals surface area contributed by atoms with Crippen molar-refractivity contribution in [3.8, 4) is 16.8 Å². The molecule has 1 saturated heterocycles. The zero-order chi connectivity index (χ0) is 19.3. The largest absolute Gasteiger partial charge is 0.379 e. The first-order valence-corrected chi connectivity index (χ1v) is 9.07. The van der Waals surface area contributed by atoms with E-state index in [2.05, 4.69) is 20.1 Å². The fraction of sp³-hybridized carbons (Fsp3) is 0.263. The summed E-state index contributed by atoms with van der Waals surface area (Å²) in [7, 11) is 0. The summed E-state index contributed by atoms with van der Waals surface area (Å²) < 4.78 is 3.76. The van der Waals surface area contributed by atoms with E-state index in [1.807, 2.05) is 38.7 Å². The maximum absolute atomic E-state index is 12.6. The monoisotopic (exact) mass is 377 g/mol. The Morgan fingerprint density at radius 2 is 2.14 bits per heavy atom. The van der Waals surface area contributed by atoms with Crippen LogP contribution in [-0.2, 0) is 0 Å². The molecule has 142 valence electrons. The van der Waals surface area contributed by atoms with Crippen LogP contribution in [0.25, 0.3) is 27.8 Å². The van der Waals surface area contributed by atoms with Crippen molar-refractivity contribution in [1.82, 2.24) is 34.2 Å². The van der Waals surface area contributed by atoms with Crippen molar-refractivity contribution in [1.29, 1.82) is 0 Å². The van der Waals surface area contributed by atoms with Crippen LogP contribution >= 0.6 is 0 Å². The van der Waals surface area contributed by atoms with Crippen molar-refractivity contribution in [3.63, 3.8) is 0 Å². The van der Waals surface area contributed by atoms with Crippen molar-refractivity contribution in [3.05, 3.63) is 59.8 Å². The Morgan fingerprint density at radius 3 is 2.89 bits per heavy atom. The molecule has 4 aromatic heterocycles. The van der Waals surface area contributed by atoms with Crippen LogP contribution < -0.4 is 5.56 Å². The Balaban J connectivity index is 1.58. The summed E-state index contributed by atoms with van der Waals surface area (Å²) in [5.41, 5.74) is 2.83. The minimum absolute atomic E-state index is 0.195. The van der Waals surface area contributed by atoms with Crippen molar-refractivity contribution >= 4 is 11.0 Å². The van der Waals surface area contributed by atoms with Crippen LogP contribution in [0.1, 0.15) is 13.0 Å². The van der Waals surface area contributed by atoms with E-state index in [0.717, 1.165) is 29.9 Å². The molecule has 9 heteroatoms. The van der Waals surface area contributed by atoms with Gasteiger partial charge in [-0.1, -0.05) is 0 Å². The number of likely N-dealkylation sites (tertiary alicyclic amines) is 1. The lowest BCUT2D eigenvalue weighted by molar-refractivity contribution is -0.0510. The SMILES string of the molecule is CC(O)N1CC(n2cc(-c3cn(-c4cccnc4)c4nc[nH]c(=O)c34)cn2)C1. The van der Waals surface area contributed by atoms with Gasteiger partial charge in [-0.15, -0.1) is 0 Å². The van der Waals surface area contributed by atoms with Crippen molar-refractivity contribution in [2.24, 2.45) is 0 Å². The lowest BCUT2D eigenvalue weighted by Crippen LogP contribution is -2.51. The first-order chi connectivity index (χ1) is 13.6. The molecule has 0 saturated carbocycles. The molecule has 1 unspecified atom stereocenters. The highest BCUT2D eigenvalue weighted by Gasteiger charge is 2.31. The van der Waals surface area contributed by atoms with Gasteiger partial charge in [0.25, 0.3) is 5.56 Å². The van der Waals surface area contributed by atoms with Gasteiger partial charge in [-0.05, 0) is 19.1 Å². The lowest BCUT2D eigenvalue weighted by Gasteiger charge is -2.40. The van der Waals surface area contributed by atoms with Crippen molar-refractivity contribution < 1.29 is 5.11 Å². The quantitative estimate of drug-likeness (QED) is 0.553. The molecule has 0 aliphatic carbocycles. The summed E-state index contributed by atoms with van der Waals surface area (Å²) in [6.45, 7) is 3.26. The summed E-state index contributed by atoms with van der Waals surface area (Å²) in [4.78, 5) is 25.7. The highest BCUT2D eigenvalue weighted by molar-refractivity contribution is 5.94. The van der Waals surface area contributed by atoms with Gasteiger partial charge in [-0.3, -0.25) is 23.9 Å². The van der Waals surface area contributed by atoms with Crippen LogP contribution in [0.3, 0.4) is 0 Å². The number of nitrogens with one attached hydrogen (secondary N) is 1. The maximum Gasteiger partial charge on any atom is 0.260 e. The molecule has 1 atom stereocenters. The highest BCUT2D eigenvalue weighted by atomic mass is 16.3. The minimum atomic E-state index is -0.451. The molecule has 4 aromatic rings. The number of fused-ring (bicyclic) bond motifs is 1. The number of aliphatic hydroxyl groups excluding tert-OH is 1. The Morgan fingerprint density at radius 1 is 1.29 bits per heavy atom. The molecule has 2 N–H and O–H groups in total. The number of pyridine rings is 1. The van der Waals surface area contributed by atoms with E-state index in [1.54, 1.807) is 25.5 Å². The van der Waals surface area contributed by atoms with E-state index in [-0.39, 0.29) is 11.6 Å². The molecule has 0 spiro atoms. The molecular weight excluding hydrogens is 358 g/mol. The molecule has 5 heterocycles. The summed E-state index contributed by atoms with van der Waals surface area (Å²) in [6.07, 6.45) is 9.99. The molecule has 1 aliphatic rings. The lowest BCUT2D eigenvalue weighted by atomic mass is 10.1. The third-order valence-corrected chi connectivity index (χ3v) is 5.22. The zero-order valence-electron chi connectivity index (χ0n) is 15.2. The molecule has 9 nitrogen and oxygen atoms in total. The first kappa shape index (κ1) is 16.8. The smallest absolute Gasteiger partial charge is 0.260 e. The summed E-state index contributed by atoms with van der Waals surface area (Å²) in [5, 5.41) is 14.6. The van der Waals surface area contributed by atoms with Gasteiger partial charge in [0.1, 0.15) is 6.23 Å². The van der Waals surface area contributed by atoms with E-state index in [9.17, 15) is 9.90 Å². The van der Waals surface area contributed by atoms with Gasteiger partial charge in [0.2, 0.25) is 0 Å². The van der Waals surface area contributed by atoms with E-state index in [1.165, 1.54) is 6.33 Å². The van der Waals surface area contributed by atoms with E-state index in [0.29, 0.717) is 11.0 Å². The van der Waals surface area contributed by atoms with Crippen LogP contribution in [0.2, 0.25) is 0 Å². The normalized spacial score (nSPS) is 16.4. The molecule has 1 aliphatic heterocycles. The number of H-pyrrole nitrogens is 1. The maximum atomic E-state index is 12.6. The molecule has 0 bridgehead atoms. The molecule has 28 heavy (non-hydrogen) atoms. The zero-order valence-corrected chi connectivity index (χ0v) is 15.2. The number of aromatic nitrogens is 6.